The second-order valence-corrected chi connectivity index (χ2v) is 6.87. The molecule has 0 aliphatic carbocycles. The van der Waals surface area contributed by atoms with E-state index in [1.165, 1.54) is 0 Å². The lowest BCUT2D eigenvalue weighted by molar-refractivity contribution is -0.137. The van der Waals surface area contributed by atoms with Crippen LogP contribution in [0.15, 0.2) is 35.2 Å². The first kappa shape index (κ1) is 18.0. The minimum absolute atomic E-state index is 0.0445. The molecular weight excluding hydrogens is 327 g/mol. The van der Waals surface area contributed by atoms with E-state index in [9.17, 15) is 21.6 Å². The summed E-state index contributed by atoms with van der Waals surface area (Å²) in [5.74, 6) is 0. The van der Waals surface area contributed by atoms with Crippen molar-refractivity contribution < 1.29 is 21.6 Å². The monoisotopic (exact) mass is 341 g/mol. The van der Waals surface area contributed by atoms with Gasteiger partial charge in [0, 0.05) is 13.1 Å². The number of sulfonamides is 1. The van der Waals surface area contributed by atoms with Gasteiger partial charge < -0.3 is 0 Å². The Balaban J connectivity index is 3.35. The number of nitrogens with zero attached hydrogens (tertiary/aromatic N) is 1. The molecule has 118 valence electrons. The third kappa shape index (κ3) is 4.21. The number of likely N-dealkylation sites (N-methyl/N-ethyl adjacent to an activating group) is 1. The number of halogens is 4. The molecule has 0 fully saturated rings. The van der Waals surface area contributed by atoms with Gasteiger partial charge in [-0.3, -0.25) is 0 Å². The van der Waals surface area contributed by atoms with Gasteiger partial charge in [-0.05, 0) is 25.1 Å². The molecule has 0 bridgehead atoms. The van der Waals surface area contributed by atoms with Gasteiger partial charge in [-0.25, -0.2) is 8.42 Å². The van der Waals surface area contributed by atoms with E-state index < -0.39 is 31.7 Å². The normalized spacial score (nSPS) is 12.7. The smallest absolute Gasteiger partial charge is 0.207 e. The Bertz CT molecular complexity index is 641. The van der Waals surface area contributed by atoms with Crippen LogP contribution in [0.4, 0.5) is 13.2 Å². The molecule has 3 nitrogen and oxygen atoms in total. The fraction of sp³-hybridized carbons (Fsp3) is 0.385. The summed E-state index contributed by atoms with van der Waals surface area (Å²) in [6.07, 6.45) is -4.71. The predicted octanol–water partition coefficient (Wildman–Crippen LogP) is 3.95. The maximum absolute atomic E-state index is 12.8. The molecule has 1 aromatic carbocycles. The van der Waals surface area contributed by atoms with E-state index >= 15 is 0 Å². The molecule has 8 heteroatoms. The van der Waals surface area contributed by atoms with Crippen LogP contribution in [-0.4, -0.2) is 25.8 Å². The van der Waals surface area contributed by atoms with Gasteiger partial charge in [-0.15, -0.1) is 0 Å². The predicted molar refractivity (Wildman–Crippen MR) is 75.7 cm³/mol. The lowest BCUT2D eigenvalue weighted by atomic mass is 10.2. The van der Waals surface area contributed by atoms with Crippen LogP contribution < -0.4 is 0 Å². The zero-order valence-corrected chi connectivity index (χ0v) is 13.1. The van der Waals surface area contributed by atoms with Crippen molar-refractivity contribution in [1.82, 2.24) is 4.31 Å². The van der Waals surface area contributed by atoms with Gasteiger partial charge in [0.1, 0.15) is 0 Å². The number of benzene rings is 1. The molecule has 1 rings (SSSR count). The average Bonchev–Trinajstić information content (AvgIpc) is 2.34. The fourth-order valence-electron chi connectivity index (χ4n) is 1.70. The molecule has 0 amide bonds. The van der Waals surface area contributed by atoms with Crippen molar-refractivity contribution in [1.29, 1.82) is 0 Å². The maximum atomic E-state index is 12.8. The zero-order valence-electron chi connectivity index (χ0n) is 11.5. The van der Waals surface area contributed by atoms with Crippen molar-refractivity contribution in [2.45, 2.75) is 24.9 Å². The van der Waals surface area contributed by atoms with E-state index in [2.05, 4.69) is 6.58 Å². The minimum Gasteiger partial charge on any atom is -0.207 e. The molecule has 1 aromatic rings. The van der Waals surface area contributed by atoms with Gasteiger partial charge in [0.2, 0.25) is 10.0 Å². The molecule has 0 unspecified atom stereocenters. The summed E-state index contributed by atoms with van der Waals surface area (Å²) in [6.45, 7) is 7.02. The Kier molecular flexibility index (Phi) is 5.46. The molecule has 0 heterocycles. The van der Waals surface area contributed by atoms with Gasteiger partial charge in [0.15, 0.2) is 0 Å². The molecule has 0 spiro atoms. The van der Waals surface area contributed by atoms with Crippen molar-refractivity contribution in [3.05, 3.63) is 40.9 Å². The van der Waals surface area contributed by atoms with Crippen molar-refractivity contribution in [3.63, 3.8) is 0 Å². The molecule has 0 aliphatic rings. The van der Waals surface area contributed by atoms with Gasteiger partial charge in [0.25, 0.3) is 0 Å². The number of hydrogen-bond donors (Lipinski definition) is 0. The molecule has 0 N–H and O–H groups in total. The summed E-state index contributed by atoms with van der Waals surface area (Å²) in [5.41, 5.74) is -0.581. The highest BCUT2D eigenvalue weighted by Crippen LogP contribution is 2.36. The van der Waals surface area contributed by atoms with E-state index in [1.54, 1.807) is 13.8 Å². The number of alkyl halides is 3. The fourth-order valence-corrected chi connectivity index (χ4v) is 3.46. The molecule has 0 aliphatic heterocycles. The van der Waals surface area contributed by atoms with Crippen LogP contribution in [0.25, 0.3) is 0 Å². The summed E-state index contributed by atoms with van der Waals surface area (Å²) in [4.78, 5) is -0.442. The first-order valence-electron chi connectivity index (χ1n) is 6.01. The standard InChI is InChI=1S/C13H15ClF3NO2S/c1-4-18(8-9(2)3)21(19,20)10-5-6-12(14)11(7-10)13(15,16)17/h5-7H,2,4,8H2,1,3H3. The molecule has 0 radical (unpaired) electrons. The first-order valence-corrected chi connectivity index (χ1v) is 7.83. The molecular formula is C13H15ClF3NO2S. The zero-order chi connectivity index (χ0) is 16.4. The number of hydrogen-bond acceptors (Lipinski definition) is 2. The Hall–Kier alpha value is -1.05. The Morgan fingerprint density at radius 2 is 1.95 bits per heavy atom. The summed E-state index contributed by atoms with van der Waals surface area (Å²) in [6, 6.07) is 2.55. The summed E-state index contributed by atoms with van der Waals surface area (Å²) >= 11 is 5.49. The second kappa shape index (κ2) is 6.37. The summed E-state index contributed by atoms with van der Waals surface area (Å²) in [7, 11) is -4.03. The van der Waals surface area contributed by atoms with Crippen molar-refractivity contribution in [3.8, 4) is 0 Å². The summed E-state index contributed by atoms with van der Waals surface area (Å²) < 4.78 is 64.2. The van der Waals surface area contributed by atoms with Crippen LogP contribution in [0.1, 0.15) is 19.4 Å². The Morgan fingerprint density at radius 3 is 2.38 bits per heavy atom. The summed E-state index contributed by atoms with van der Waals surface area (Å²) in [5, 5.41) is -0.538. The largest absolute Gasteiger partial charge is 0.417 e. The molecule has 0 aromatic heterocycles. The highest BCUT2D eigenvalue weighted by Gasteiger charge is 2.35. The van der Waals surface area contributed by atoms with E-state index in [4.69, 9.17) is 11.6 Å². The Labute approximate surface area is 127 Å². The van der Waals surface area contributed by atoms with E-state index in [1.807, 2.05) is 0 Å². The first-order chi connectivity index (χ1) is 9.50. The van der Waals surface area contributed by atoms with E-state index in [0.717, 1.165) is 16.4 Å². The SMILES string of the molecule is C=C(C)CN(CC)S(=O)(=O)c1ccc(Cl)c(C(F)(F)F)c1. The van der Waals surface area contributed by atoms with Gasteiger partial charge >= 0.3 is 6.18 Å². The maximum Gasteiger partial charge on any atom is 0.417 e. The van der Waals surface area contributed by atoms with Crippen molar-refractivity contribution >= 4 is 21.6 Å². The molecule has 0 saturated carbocycles. The highest BCUT2D eigenvalue weighted by atomic mass is 35.5. The van der Waals surface area contributed by atoms with Crippen LogP contribution >= 0.6 is 11.6 Å². The van der Waals surface area contributed by atoms with E-state index in [-0.39, 0.29) is 13.1 Å². The quantitative estimate of drug-likeness (QED) is 0.761. The van der Waals surface area contributed by atoms with Crippen molar-refractivity contribution in [2.24, 2.45) is 0 Å². The van der Waals surface area contributed by atoms with Crippen molar-refractivity contribution in [2.75, 3.05) is 13.1 Å². The topological polar surface area (TPSA) is 37.4 Å². The number of rotatable bonds is 5. The lowest BCUT2D eigenvalue weighted by Gasteiger charge is -2.21. The van der Waals surface area contributed by atoms with Crippen LogP contribution in [0.2, 0.25) is 5.02 Å². The van der Waals surface area contributed by atoms with Crippen LogP contribution in [0.5, 0.6) is 0 Å². The van der Waals surface area contributed by atoms with Gasteiger partial charge in [-0.1, -0.05) is 30.7 Å². The third-order valence-electron chi connectivity index (χ3n) is 2.68. The molecule has 0 saturated heterocycles. The molecule has 0 atom stereocenters. The lowest BCUT2D eigenvalue weighted by Crippen LogP contribution is -2.32. The van der Waals surface area contributed by atoms with Gasteiger partial charge in [0.05, 0.1) is 15.5 Å². The Morgan fingerprint density at radius 1 is 1.38 bits per heavy atom. The third-order valence-corrected chi connectivity index (χ3v) is 4.93. The van der Waals surface area contributed by atoms with Crippen LogP contribution in [0, 0.1) is 0 Å². The average molecular weight is 342 g/mol. The highest BCUT2D eigenvalue weighted by molar-refractivity contribution is 7.89. The minimum atomic E-state index is -4.71. The molecule has 21 heavy (non-hydrogen) atoms. The van der Waals surface area contributed by atoms with Crippen LogP contribution in [0.3, 0.4) is 0 Å². The van der Waals surface area contributed by atoms with E-state index in [0.29, 0.717) is 11.6 Å². The van der Waals surface area contributed by atoms with Crippen LogP contribution in [-0.2, 0) is 16.2 Å². The second-order valence-electron chi connectivity index (χ2n) is 4.53. The van der Waals surface area contributed by atoms with Gasteiger partial charge in [-0.2, -0.15) is 17.5 Å².